The highest BCUT2D eigenvalue weighted by atomic mass is 79.9. The van der Waals surface area contributed by atoms with Crippen molar-refractivity contribution in [1.29, 1.82) is 0 Å². The van der Waals surface area contributed by atoms with E-state index in [1.807, 2.05) is 0 Å². The van der Waals surface area contributed by atoms with Crippen LogP contribution in [0.4, 0.5) is 0 Å². The van der Waals surface area contributed by atoms with Crippen molar-refractivity contribution >= 4 is 27.9 Å². The molecule has 1 atom stereocenters. The third kappa shape index (κ3) is 2.79. The number of hydrogen-bond donors (Lipinski definition) is 2. The fraction of sp³-hybridized carbons (Fsp3) is 0.385. The molecule has 1 aromatic rings. The number of esters is 1. The SMILES string of the molecule is CCOC(=O)c1cc(Br)c(C(=O)O)cc1C1CCN1. The van der Waals surface area contributed by atoms with Gasteiger partial charge in [-0.15, -0.1) is 0 Å². The van der Waals surface area contributed by atoms with Gasteiger partial charge < -0.3 is 15.2 Å². The highest BCUT2D eigenvalue weighted by molar-refractivity contribution is 9.10. The summed E-state index contributed by atoms with van der Waals surface area (Å²) < 4.78 is 5.39. The van der Waals surface area contributed by atoms with Gasteiger partial charge in [-0.3, -0.25) is 0 Å². The molecule has 1 saturated heterocycles. The Bertz CT molecular complexity index is 526. The Balaban J connectivity index is 2.48. The Morgan fingerprint density at radius 1 is 1.47 bits per heavy atom. The minimum absolute atomic E-state index is 0.0191. The minimum Gasteiger partial charge on any atom is -0.478 e. The predicted octanol–water partition coefficient (Wildman–Crippen LogP) is 2.36. The van der Waals surface area contributed by atoms with Gasteiger partial charge in [0.05, 0.1) is 17.7 Å². The smallest absolute Gasteiger partial charge is 0.338 e. The van der Waals surface area contributed by atoms with Gasteiger partial charge in [0, 0.05) is 10.5 Å². The largest absolute Gasteiger partial charge is 0.478 e. The van der Waals surface area contributed by atoms with Gasteiger partial charge in [-0.1, -0.05) is 0 Å². The summed E-state index contributed by atoms with van der Waals surface area (Å²) in [4.78, 5) is 23.1. The highest BCUT2D eigenvalue weighted by Gasteiger charge is 2.27. The maximum Gasteiger partial charge on any atom is 0.338 e. The summed E-state index contributed by atoms with van der Waals surface area (Å²) in [5, 5.41) is 12.3. The average Bonchev–Trinajstić information content (AvgIpc) is 2.28. The van der Waals surface area contributed by atoms with Crippen LogP contribution in [0.15, 0.2) is 16.6 Å². The van der Waals surface area contributed by atoms with E-state index in [4.69, 9.17) is 9.84 Å². The van der Waals surface area contributed by atoms with Gasteiger partial charge in [0.25, 0.3) is 0 Å². The molecular formula is C13H14BrNO4. The molecule has 2 rings (SSSR count). The normalized spacial score (nSPS) is 17.7. The Morgan fingerprint density at radius 2 is 2.16 bits per heavy atom. The molecule has 19 heavy (non-hydrogen) atoms. The molecule has 1 aliphatic heterocycles. The zero-order chi connectivity index (χ0) is 14.0. The number of carbonyl (C=O) groups is 2. The van der Waals surface area contributed by atoms with Crippen molar-refractivity contribution in [1.82, 2.24) is 5.32 Å². The third-order valence-corrected chi connectivity index (χ3v) is 3.72. The summed E-state index contributed by atoms with van der Waals surface area (Å²) in [7, 11) is 0. The minimum atomic E-state index is -1.03. The summed E-state index contributed by atoms with van der Waals surface area (Å²) in [6.45, 7) is 2.89. The number of hydrogen-bond acceptors (Lipinski definition) is 4. The van der Waals surface area contributed by atoms with E-state index in [9.17, 15) is 9.59 Å². The van der Waals surface area contributed by atoms with Crippen molar-refractivity contribution in [3.05, 3.63) is 33.3 Å². The summed E-state index contributed by atoms with van der Waals surface area (Å²) in [5.41, 5.74) is 1.25. The maximum absolute atomic E-state index is 11.9. The Hall–Kier alpha value is -1.40. The van der Waals surface area contributed by atoms with Crippen LogP contribution in [0.1, 0.15) is 45.7 Å². The number of rotatable bonds is 4. The molecule has 2 N–H and O–H groups in total. The molecule has 1 aromatic carbocycles. The number of benzene rings is 1. The molecule has 0 radical (unpaired) electrons. The van der Waals surface area contributed by atoms with Crippen LogP contribution >= 0.6 is 15.9 Å². The van der Waals surface area contributed by atoms with Crippen LogP contribution in [0.3, 0.4) is 0 Å². The van der Waals surface area contributed by atoms with E-state index in [0.29, 0.717) is 15.6 Å². The first-order chi connectivity index (χ1) is 9.04. The molecule has 0 amide bonds. The highest BCUT2D eigenvalue weighted by Crippen LogP contribution is 2.31. The van der Waals surface area contributed by atoms with Crippen molar-refractivity contribution in [3.63, 3.8) is 0 Å². The topological polar surface area (TPSA) is 75.6 Å². The second-order valence-electron chi connectivity index (χ2n) is 4.24. The van der Waals surface area contributed by atoms with E-state index in [1.54, 1.807) is 6.92 Å². The lowest BCUT2D eigenvalue weighted by Gasteiger charge is -2.29. The van der Waals surface area contributed by atoms with Crippen molar-refractivity contribution in [2.75, 3.05) is 13.2 Å². The van der Waals surface area contributed by atoms with Crippen LogP contribution in [0.5, 0.6) is 0 Å². The van der Waals surface area contributed by atoms with Crippen LogP contribution < -0.4 is 5.32 Å². The van der Waals surface area contributed by atoms with Gasteiger partial charge in [-0.05, 0) is 53.5 Å². The number of nitrogens with one attached hydrogen (secondary N) is 1. The van der Waals surface area contributed by atoms with Gasteiger partial charge >= 0.3 is 11.9 Å². The first-order valence-electron chi connectivity index (χ1n) is 6.01. The molecule has 0 spiro atoms. The van der Waals surface area contributed by atoms with Crippen LogP contribution in [0, 0.1) is 0 Å². The molecular weight excluding hydrogens is 314 g/mol. The lowest BCUT2D eigenvalue weighted by Crippen LogP contribution is -2.36. The molecule has 6 heteroatoms. The Labute approximate surface area is 119 Å². The fourth-order valence-corrected chi connectivity index (χ4v) is 2.49. The molecule has 1 heterocycles. The monoisotopic (exact) mass is 327 g/mol. The lowest BCUT2D eigenvalue weighted by atomic mass is 9.92. The van der Waals surface area contributed by atoms with Gasteiger partial charge in [0.15, 0.2) is 0 Å². The Morgan fingerprint density at radius 3 is 2.63 bits per heavy atom. The standard InChI is InChI=1S/C13H14BrNO4/c1-2-19-13(18)8-6-10(14)9(12(16)17)5-7(8)11-3-4-15-11/h5-6,11,15H,2-4H2,1H3,(H,16,17). The number of carbonyl (C=O) groups excluding carboxylic acids is 1. The van der Waals surface area contributed by atoms with E-state index in [1.165, 1.54) is 12.1 Å². The molecule has 0 bridgehead atoms. The van der Waals surface area contributed by atoms with Crippen molar-refractivity contribution in [3.8, 4) is 0 Å². The zero-order valence-corrected chi connectivity index (χ0v) is 12.0. The first-order valence-corrected chi connectivity index (χ1v) is 6.81. The number of carboxylic acid groups (broad SMARTS) is 1. The van der Waals surface area contributed by atoms with E-state index in [2.05, 4.69) is 21.2 Å². The van der Waals surface area contributed by atoms with E-state index >= 15 is 0 Å². The van der Waals surface area contributed by atoms with Crippen molar-refractivity contribution in [2.45, 2.75) is 19.4 Å². The average molecular weight is 328 g/mol. The van der Waals surface area contributed by atoms with Crippen LogP contribution in [0.2, 0.25) is 0 Å². The quantitative estimate of drug-likeness (QED) is 0.830. The molecule has 0 aliphatic carbocycles. The van der Waals surface area contributed by atoms with Crippen LogP contribution in [-0.2, 0) is 4.74 Å². The number of halogens is 1. The first kappa shape index (κ1) is 14.0. The molecule has 0 saturated carbocycles. The van der Waals surface area contributed by atoms with Gasteiger partial charge in [-0.25, -0.2) is 9.59 Å². The molecule has 1 unspecified atom stereocenters. The molecule has 1 aliphatic rings. The van der Waals surface area contributed by atoms with E-state index < -0.39 is 11.9 Å². The molecule has 1 fully saturated rings. The van der Waals surface area contributed by atoms with E-state index in [-0.39, 0.29) is 18.2 Å². The Kier molecular flexibility index (Phi) is 4.21. The van der Waals surface area contributed by atoms with Crippen LogP contribution in [0.25, 0.3) is 0 Å². The fourth-order valence-electron chi connectivity index (χ4n) is 1.98. The molecule has 102 valence electrons. The zero-order valence-electron chi connectivity index (χ0n) is 10.4. The predicted molar refractivity (Wildman–Crippen MR) is 72.4 cm³/mol. The summed E-state index contributed by atoms with van der Waals surface area (Å²) >= 11 is 3.18. The van der Waals surface area contributed by atoms with Gasteiger partial charge in [0.1, 0.15) is 0 Å². The molecule has 0 aromatic heterocycles. The van der Waals surface area contributed by atoms with Gasteiger partial charge in [0.2, 0.25) is 0 Å². The number of aromatic carboxylic acids is 1. The summed E-state index contributed by atoms with van der Waals surface area (Å²) in [6, 6.07) is 3.08. The summed E-state index contributed by atoms with van der Waals surface area (Å²) in [5.74, 6) is -1.45. The number of ether oxygens (including phenoxy) is 1. The summed E-state index contributed by atoms with van der Waals surface area (Å²) in [6.07, 6.45) is 0.882. The maximum atomic E-state index is 11.9. The second kappa shape index (κ2) is 5.71. The third-order valence-electron chi connectivity index (χ3n) is 3.06. The van der Waals surface area contributed by atoms with Crippen molar-refractivity contribution in [2.24, 2.45) is 0 Å². The van der Waals surface area contributed by atoms with Crippen LogP contribution in [-0.4, -0.2) is 30.2 Å². The van der Waals surface area contributed by atoms with E-state index in [0.717, 1.165) is 13.0 Å². The van der Waals surface area contributed by atoms with Gasteiger partial charge in [-0.2, -0.15) is 0 Å². The lowest BCUT2D eigenvalue weighted by molar-refractivity contribution is 0.0522. The van der Waals surface area contributed by atoms with Crippen molar-refractivity contribution < 1.29 is 19.4 Å². The number of carboxylic acids is 1. The second-order valence-corrected chi connectivity index (χ2v) is 5.09. The molecule has 5 nitrogen and oxygen atoms in total.